The fourth-order valence-electron chi connectivity index (χ4n) is 1.97. The lowest BCUT2D eigenvalue weighted by atomic mass is 10.1. The molecule has 0 unspecified atom stereocenters. The smallest absolute Gasteiger partial charge is 0.233 e. The number of carbonyl (C=O) groups excluding carboxylic acids is 1. The Hall–Kier alpha value is -0.620. The van der Waals surface area contributed by atoms with Gasteiger partial charge < -0.3 is 10.6 Å². The van der Waals surface area contributed by atoms with Crippen molar-refractivity contribution < 1.29 is 13.2 Å². The molecule has 2 fully saturated rings. The molecule has 1 aliphatic heterocycles. The molecule has 6 heteroatoms. The van der Waals surface area contributed by atoms with Crippen molar-refractivity contribution in [3.63, 3.8) is 0 Å². The van der Waals surface area contributed by atoms with E-state index in [9.17, 15) is 13.2 Å². The fourth-order valence-corrected chi connectivity index (χ4v) is 3.47. The largest absolute Gasteiger partial charge is 0.355 e. The lowest BCUT2D eigenvalue weighted by Gasteiger charge is -2.22. The number of carbonyl (C=O) groups is 1. The maximum atomic E-state index is 11.5. The van der Waals surface area contributed by atoms with Crippen molar-refractivity contribution in [3.05, 3.63) is 0 Å². The molecule has 2 rings (SSSR count). The van der Waals surface area contributed by atoms with Gasteiger partial charge in [0.2, 0.25) is 5.91 Å². The predicted octanol–water partition coefficient (Wildman–Crippen LogP) is -0.321. The molecule has 0 atom stereocenters. The molecule has 0 bridgehead atoms. The first-order chi connectivity index (χ1) is 8.05. The van der Waals surface area contributed by atoms with Gasteiger partial charge in [-0.3, -0.25) is 4.79 Å². The Kier molecular flexibility index (Phi) is 4.04. The predicted molar refractivity (Wildman–Crippen MR) is 65.4 cm³/mol. The molecule has 1 saturated carbocycles. The summed E-state index contributed by atoms with van der Waals surface area (Å²) in [5.74, 6) is 1.20. The second-order valence-electron chi connectivity index (χ2n) is 5.05. The third-order valence-electron chi connectivity index (χ3n) is 3.39. The molecule has 1 amide bonds. The van der Waals surface area contributed by atoms with Gasteiger partial charge >= 0.3 is 0 Å². The monoisotopic (exact) mass is 260 g/mol. The number of amides is 1. The fraction of sp³-hybridized carbons (Fsp3) is 0.909. The van der Waals surface area contributed by atoms with Crippen LogP contribution in [0.1, 0.15) is 25.7 Å². The van der Waals surface area contributed by atoms with Crippen molar-refractivity contribution in [1.82, 2.24) is 10.6 Å². The summed E-state index contributed by atoms with van der Waals surface area (Å²) in [6.07, 6.45) is 3.71. The molecule has 0 aromatic carbocycles. The van der Waals surface area contributed by atoms with E-state index in [1.165, 1.54) is 12.8 Å². The Morgan fingerprint density at radius 2 is 1.76 bits per heavy atom. The van der Waals surface area contributed by atoms with Gasteiger partial charge in [0.15, 0.2) is 0 Å². The molecule has 0 spiro atoms. The second kappa shape index (κ2) is 5.35. The molecule has 17 heavy (non-hydrogen) atoms. The van der Waals surface area contributed by atoms with Crippen LogP contribution in [0.3, 0.4) is 0 Å². The summed E-state index contributed by atoms with van der Waals surface area (Å²) in [6, 6.07) is 0.171. The number of hydrogen-bond acceptors (Lipinski definition) is 4. The standard InChI is InChI=1S/C11H20N2O3S/c14-11(13-7-9-1-2-9)8-12-10-3-5-17(15,16)6-4-10/h9-10,12H,1-8H2,(H,13,14). The van der Waals surface area contributed by atoms with Crippen LogP contribution in [0.5, 0.6) is 0 Å². The number of sulfone groups is 1. The van der Waals surface area contributed by atoms with Crippen LogP contribution < -0.4 is 10.6 Å². The Morgan fingerprint density at radius 3 is 2.35 bits per heavy atom. The molecule has 0 aromatic heterocycles. The second-order valence-corrected chi connectivity index (χ2v) is 7.36. The molecule has 2 aliphatic rings. The minimum Gasteiger partial charge on any atom is -0.355 e. The maximum Gasteiger partial charge on any atom is 0.233 e. The van der Waals surface area contributed by atoms with E-state index in [1.54, 1.807) is 0 Å². The van der Waals surface area contributed by atoms with Gasteiger partial charge in [-0.25, -0.2) is 8.42 Å². The van der Waals surface area contributed by atoms with E-state index >= 15 is 0 Å². The molecule has 1 saturated heterocycles. The lowest BCUT2D eigenvalue weighted by Crippen LogP contribution is -2.43. The number of hydrogen-bond donors (Lipinski definition) is 2. The summed E-state index contributed by atoms with van der Waals surface area (Å²) in [5.41, 5.74) is 0. The van der Waals surface area contributed by atoms with Crippen LogP contribution in [0.2, 0.25) is 0 Å². The van der Waals surface area contributed by atoms with E-state index in [0.717, 1.165) is 6.54 Å². The first kappa shape index (κ1) is 12.8. The highest BCUT2D eigenvalue weighted by Crippen LogP contribution is 2.27. The van der Waals surface area contributed by atoms with Crippen molar-refractivity contribution in [2.75, 3.05) is 24.6 Å². The Bertz CT molecular complexity index is 362. The molecular weight excluding hydrogens is 240 g/mol. The normalized spacial score (nSPS) is 24.5. The van der Waals surface area contributed by atoms with Crippen LogP contribution in [0.25, 0.3) is 0 Å². The van der Waals surface area contributed by atoms with Crippen LogP contribution in [-0.2, 0) is 14.6 Å². The highest BCUT2D eigenvalue weighted by Gasteiger charge is 2.24. The Morgan fingerprint density at radius 1 is 1.12 bits per heavy atom. The van der Waals surface area contributed by atoms with E-state index in [1.807, 2.05) is 0 Å². The van der Waals surface area contributed by atoms with E-state index in [-0.39, 0.29) is 23.5 Å². The van der Waals surface area contributed by atoms with Gasteiger partial charge in [0.05, 0.1) is 18.1 Å². The van der Waals surface area contributed by atoms with E-state index in [0.29, 0.717) is 25.3 Å². The molecule has 2 N–H and O–H groups in total. The van der Waals surface area contributed by atoms with Crippen LogP contribution in [-0.4, -0.2) is 45.0 Å². The average Bonchev–Trinajstić information content (AvgIpc) is 3.08. The molecule has 0 aromatic rings. The van der Waals surface area contributed by atoms with Crippen LogP contribution in [0.4, 0.5) is 0 Å². The van der Waals surface area contributed by atoms with Gasteiger partial charge in [-0.15, -0.1) is 0 Å². The Balaban J connectivity index is 1.59. The van der Waals surface area contributed by atoms with E-state index < -0.39 is 9.84 Å². The minimum atomic E-state index is -2.81. The first-order valence-electron chi connectivity index (χ1n) is 6.26. The number of rotatable bonds is 5. The highest BCUT2D eigenvalue weighted by molar-refractivity contribution is 7.91. The van der Waals surface area contributed by atoms with Crippen molar-refractivity contribution in [2.24, 2.45) is 5.92 Å². The molecule has 5 nitrogen and oxygen atoms in total. The van der Waals surface area contributed by atoms with Crippen LogP contribution >= 0.6 is 0 Å². The van der Waals surface area contributed by atoms with Gasteiger partial charge in [-0.05, 0) is 31.6 Å². The third-order valence-corrected chi connectivity index (χ3v) is 5.11. The van der Waals surface area contributed by atoms with Crippen LogP contribution in [0.15, 0.2) is 0 Å². The van der Waals surface area contributed by atoms with Gasteiger partial charge in [0, 0.05) is 12.6 Å². The maximum absolute atomic E-state index is 11.5. The van der Waals surface area contributed by atoms with Crippen molar-refractivity contribution in [2.45, 2.75) is 31.7 Å². The highest BCUT2D eigenvalue weighted by atomic mass is 32.2. The van der Waals surface area contributed by atoms with E-state index in [4.69, 9.17) is 0 Å². The summed E-state index contributed by atoms with van der Waals surface area (Å²) in [6.45, 7) is 1.09. The summed E-state index contributed by atoms with van der Waals surface area (Å²) >= 11 is 0. The average molecular weight is 260 g/mol. The number of nitrogens with one attached hydrogen (secondary N) is 2. The van der Waals surface area contributed by atoms with Crippen LogP contribution in [0, 0.1) is 5.92 Å². The molecule has 1 aliphatic carbocycles. The SMILES string of the molecule is O=C(CNC1CCS(=O)(=O)CC1)NCC1CC1. The van der Waals surface area contributed by atoms with Gasteiger partial charge in [-0.1, -0.05) is 0 Å². The summed E-state index contributed by atoms with van der Waals surface area (Å²) in [7, 11) is -2.81. The topological polar surface area (TPSA) is 75.3 Å². The van der Waals surface area contributed by atoms with Crippen molar-refractivity contribution in [3.8, 4) is 0 Å². The zero-order valence-electron chi connectivity index (χ0n) is 9.94. The molecule has 0 radical (unpaired) electrons. The van der Waals surface area contributed by atoms with Gasteiger partial charge in [0.1, 0.15) is 9.84 Å². The molecule has 98 valence electrons. The van der Waals surface area contributed by atoms with E-state index in [2.05, 4.69) is 10.6 Å². The van der Waals surface area contributed by atoms with Gasteiger partial charge in [0.25, 0.3) is 0 Å². The molecular formula is C11H20N2O3S. The minimum absolute atomic E-state index is 0.0188. The zero-order valence-corrected chi connectivity index (χ0v) is 10.8. The molecule has 1 heterocycles. The first-order valence-corrected chi connectivity index (χ1v) is 8.08. The Labute approximate surface area is 102 Å². The third kappa shape index (κ3) is 4.63. The zero-order chi connectivity index (χ0) is 12.3. The summed E-state index contributed by atoms with van der Waals surface area (Å²) < 4.78 is 22.4. The van der Waals surface area contributed by atoms with Gasteiger partial charge in [-0.2, -0.15) is 0 Å². The van der Waals surface area contributed by atoms with Crippen molar-refractivity contribution in [1.29, 1.82) is 0 Å². The summed E-state index contributed by atoms with van der Waals surface area (Å²) in [5, 5.41) is 6.01. The lowest BCUT2D eigenvalue weighted by molar-refractivity contribution is -0.120. The summed E-state index contributed by atoms with van der Waals surface area (Å²) in [4.78, 5) is 11.5. The van der Waals surface area contributed by atoms with Crippen molar-refractivity contribution >= 4 is 15.7 Å². The quantitative estimate of drug-likeness (QED) is 0.710.